The Bertz CT molecular complexity index is 1520. The standard InChI is InChI=1S/C28H23Cl2N3O5/c1-15-4-8-23(17(3)10-15)31-25(34)14-38-24-9-6-19(29)11-18(24)12-21-26(35)32-28(37)33(27(21)36)20-7-5-16(2)22(30)13-20/h4-13H,14H2,1-3H3,(H,31,34)(H,32,35,37)/b21-12+. The zero-order chi connectivity index (χ0) is 27.6. The molecule has 0 saturated carbocycles. The van der Waals surface area contributed by atoms with Gasteiger partial charge in [-0.05, 0) is 74.4 Å². The van der Waals surface area contributed by atoms with Gasteiger partial charge in [-0.1, -0.05) is 47.0 Å². The summed E-state index contributed by atoms with van der Waals surface area (Å²) in [6.45, 7) is 5.29. The maximum absolute atomic E-state index is 13.3. The molecule has 1 aliphatic heterocycles. The molecule has 1 fully saturated rings. The van der Waals surface area contributed by atoms with E-state index in [1.54, 1.807) is 25.1 Å². The summed E-state index contributed by atoms with van der Waals surface area (Å²) >= 11 is 12.3. The maximum Gasteiger partial charge on any atom is 0.335 e. The molecule has 0 aliphatic carbocycles. The van der Waals surface area contributed by atoms with Crippen LogP contribution in [0.5, 0.6) is 5.75 Å². The van der Waals surface area contributed by atoms with Crippen LogP contribution in [0.25, 0.3) is 6.08 Å². The fraction of sp³-hybridized carbons (Fsp3) is 0.143. The number of anilines is 2. The highest BCUT2D eigenvalue weighted by Gasteiger charge is 2.37. The Morgan fingerprint density at radius 1 is 0.974 bits per heavy atom. The van der Waals surface area contributed by atoms with E-state index in [0.29, 0.717) is 15.7 Å². The van der Waals surface area contributed by atoms with Gasteiger partial charge in [0.2, 0.25) is 0 Å². The molecule has 4 rings (SSSR count). The number of barbiturate groups is 1. The number of halogens is 2. The van der Waals surface area contributed by atoms with Crippen LogP contribution in [0.3, 0.4) is 0 Å². The normalized spacial score (nSPS) is 14.5. The molecule has 5 amide bonds. The van der Waals surface area contributed by atoms with Gasteiger partial charge in [0, 0.05) is 21.3 Å². The highest BCUT2D eigenvalue weighted by atomic mass is 35.5. The van der Waals surface area contributed by atoms with Crippen molar-refractivity contribution in [1.82, 2.24) is 5.32 Å². The second-order valence-corrected chi connectivity index (χ2v) is 9.57. The van der Waals surface area contributed by atoms with Crippen molar-refractivity contribution in [3.8, 4) is 5.75 Å². The number of benzene rings is 3. The lowest BCUT2D eigenvalue weighted by atomic mass is 10.1. The van der Waals surface area contributed by atoms with Gasteiger partial charge in [0.25, 0.3) is 17.7 Å². The van der Waals surface area contributed by atoms with Crippen molar-refractivity contribution in [2.75, 3.05) is 16.8 Å². The monoisotopic (exact) mass is 551 g/mol. The van der Waals surface area contributed by atoms with Gasteiger partial charge in [-0.2, -0.15) is 0 Å². The first kappa shape index (κ1) is 26.9. The molecule has 1 saturated heterocycles. The average Bonchev–Trinajstić information content (AvgIpc) is 2.85. The number of carbonyl (C=O) groups excluding carboxylic acids is 4. The summed E-state index contributed by atoms with van der Waals surface area (Å²) in [5, 5.41) is 5.62. The molecule has 0 spiro atoms. The Balaban J connectivity index is 1.59. The summed E-state index contributed by atoms with van der Waals surface area (Å²) in [5.74, 6) is -1.92. The van der Waals surface area contributed by atoms with Gasteiger partial charge in [-0.3, -0.25) is 19.7 Å². The number of amides is 5. The van der Waals surface area contributed by atoms with Crippen LogP contribution < -0.4 is 20.3 Å². The van der Waals surface area contributed by atoms with E-state index in [1.165, 1.54) is 24.3 Å². The fourth-order valence-electron chi connectivity index (χ4n) is 3.82. The van der Waals surface area contributed by atoms with Crippen LogP contribution in [0.4, 0.5) is 16.2 Å². The molecule has 38 heavy (non-hydrogen) atoms. The van der Waals surface area contributed by atoms with Crippen LogP contribution in [-0.2, 0) is 14.4 Å². The van der Waals surface area contributed by atoms with E-state index in [0.717, 1.165) is 21.6 Å². The van der Waals surface area contributed by atoms with Crippen molar-refractivity contribution in [1.29, 1.82) is 0 Å². The van der Waals surface area contributed by atoms with E-state index >= 15 is 0 Å². The van der Waals surface area contributed by atoms with Crippen LogP contribution in [0.1, 0.15) is 22.3 Å². The maximum atomic E-state index is 13.3. The largest absolute Gasteiger partial charge is 0.483 e. The zero-order valence-corrected chi connectivity index (χ0v) is 22.2. The molecule has 0 aromatic heterocycles. The molecule has 0 atom stereocenters. The van der Waals surface area contributed by atoms with E-state index in [9.17, 15) is 19.2 Å². The molecule has 8 nitrogen and oxygen atoms in total. The summed E-state index contributed by atoms with van der Waals surface area (Å²) in [6, 6.07) is 14.0. The van der Waals surface area contributed by atoms with Crippen molar-refractivity contribution in [2.24, 2.45) is 0 Å². The summed E-state index contributed by atoms with van der Waals surface area (Å²) in [7, 11) is 0. The third-order valence-corrected chi connectivity index (χ3v) is 6.44. The number of carbonyl (C=O) groups is 4. The van der Waals surface area contributed by atoms with Crippen molar-refractivity contribution >= 4 is 64.4 Å². The summed E-state index contributed by atoms with van der Waals surface area (Å²) in [5.41, 5.74) is 3.54. The Morgan fingerprint density at radius 3 is 2.45 bits per heavy atom. The highest BCUT2D eigenvalue weighted by Crippen LogP contribution is 2.29. The van der Waals surface area contributed by atoms with Gasteiger partial charge in [0.15, 0.2) is 6.61 Å². The quantitative estimate of drug-likeness (QED) is 0.306. The molecular formula is C28H23Cl2N3O5. The average molecular weight is 552 g/mol. The molecule has 0 unspecified atom stereocenters. The first-order chi connectivity index (χ1) is 18.0. The van der Waals surface area contributed by atoms with Crippen molar-refractivity contribution in [3.05, 3.63) is 92.5 Å². The lowest BCUT2D eigenvalue weighted by Crippen LogP contribution is -2.54. The predicted molar refractivity (Wildman–Crippen MR) is 147 cm³/mol. The first-order valence-electron chi connectivity index (χ1n) is 11.5. The number of hydrogen-bond acceptors (Lipinski definition) is 5. The van der Waals surface area contributed by atoms with E-state index in [2.05, 4.69) is 10.6 Å². The fourth-order valence-corrected chi connectivity index (χ4v) is 4.17. The molecule has 2 N–H and O–H groups in total. The molecule has 3 aromatic rings. The third kappa shape index (κ3) is 5.88. The molecule has 1 aliphatic rings. The number of urea groups is 1. The van der Waals surface area contributed by atoms with Gasteiger partial charge >= 0.3 is 6.03 Å². The Morgan fingerprint density at radius 2 is 1.74 bits per heavy atom. The second kappa shape index (κ2) is 11.1. The second-order valence-electron chi connectivity index (χ2n) is 8.73. The molecule has 0 bridgehead atoms. The minimum absolute atomic E-state index is 0.201. The number of imide groups is 2. The van der Waals surface area contributed by atoms with Crippen LogP contribution in [0, 0.1) is 20.8 Å². The Hall–Kier alpha value is -4.14. The molecule has 10 heteroatoms. The number of nitrogens with one attached hydrogen (secondary N) is 2. The van der Waals surface area contributed by atoms with E-state index in [1.807, 2.05) is 32.0 Å². The lowest BCUT2D eigenvalue weighted by Gasteiger charge is -2.26. The van der Waals surface area contributed by atoms with Crippen LogP contribution in [0.2, 0.25) is 10.0 Å². The van der Waals surface area contributed by atoms with E-state index in [4.69, 9.17) is 27.9 Å². The van der Waals surface area contributed by atoms with Crippen molar-refractivity contribution < 1.29 is 23.9 Å². The summed E-state index contributed by atoms with van der Waals surface area (Å²) in [6.07, 6.45) is 1.26. The van der Waals surface area contributed by atoms with Crippen molar-refractivity contribution in [2.45, 2.75) is 20.8 Å². The molecular weight excluding hydrogens is 529 g/mol. The highest BCUT2D eigenvalue weighted by molar-refractivity contribution is 6.39. The number of nitrogens with zero attached hydrogens (tertiary/aromatic N) is 1. The topological polar surface area (TPSA) is 105 Å². The lowest BCUT2D eigenvalue weighted by molar-refractivity contribution is -0.122. The summed E-state index contributed by atoms with van der Waals surface area (Å²) in [4.78, 5) is 51.8. The van der Waals surface area contributed by atoms with Crippen molar-refractivity contribution in [3.63, 3.8) is 0 Å². The van der Waals surface area contributed by atoms with Gasteiger partial charge in [0.05, 0.1) is 5.69 Å². The summed E-state index contributed by atoms with van der Waals surface area (Å²) < 4.78 is 5.71. The minimum Gasteiger partial charge on any atom is -0.483 e. The molecule has 194 valence electrons. The van der Waals surface area contributed by atoms with Gasteiger partial charge in [0.1, 0.15) is 11.3 Å². The SMILES string of the molecule is Cc1ccc(NC(=O)COc2ccc(Cl)cc2/C=C2\C(=O)NC(=O)N(c3ccc(C)c(Cl)c3)C2=O)c(C)c1. The third-order valence-electron chi connectivity index (χ3n) is 5.80. The number of hydrogen-bond donors (Lipinski definition) is 2. The van der Waals surface area contributed by atoms with Crippen LogP contribution >= 0.6 is 23.2 Å². The zero-order valence-electron chi connectivity index (χ0n) is 20.7. The van der Waals surface area contributed by atoms with Gasteiger partial charge in [-0.15, -0.1) is 0 Å². The first-order valence-corrected chi connectivity index (χ1v) is 12.3. The number of rotatable bonds is 6. The number of ether oxygens (including phenoxy) is 1. The van der Waals surface area contributed by atoms with Crippen LogP contribution in [-0.4, -0.2) is 30.4 Å². The van der Waals surface area contributed by atoms with Crippen LogP contribution in [0.15, 0.2) is 60.2 Å². The van der Waals surface area contributed by atoms with E-state index < -0.39 is 23.8 Å². The Kier molecular flexibility index (Phi) is 7.85. The molecule has 3 aromatic carbocycles. The predicted octanol–water partition coefficient (Wildman–Crippen LogP) is 5.60. The van der Waals surface area contributed by atoms with Gasteiger partial charge < -0.3 is 10.1 Å². The molecule has 0 radical (unpaired) electrons. The Labute approximate surface area is 229 Å². The van der Waals surface area contributed by atoms with Gasteiger partial charge in [-0.25, -0.2) is 9.69 Å². The smallest absolute Gasteiger partial charge is 0.335 e. The molecule has 1 heterocycles. The minimum atomic E-state index is -0.900. The van der Waals surface area contributed by atoms with E-state index in [-0.39, 0.29) is 29.2 Å². The number of aryl methyl sites for hydroxylation is 3.